The molecule has 3 N–H and O–H groups in total. The van der Waals surface area contributed by atoms with Crippen molar-refractivity contribution < 1.29 is 24.3 Å². The summed E-state index contributed by atoms with van der Waals surface area (Å²) >= 11 is 2.16. The van der Waals surface area contributed by atoms with Crippen molar-refractivity contribution in [1.82, 2.24) is 15.7 Å². The maximum atomic E-state index is 12.8. The van der Waals surface area contributed by atoms with Gasteiger partial charge in [0.2, 0.25) is 5.91 Å². The summed E-state index contributed by atoms with van der Waals surface area (Å²) in [5.74, 6) is -1.26. The number of aliphatic hydroxyl groups excluding tert-OH is 1. The van der Waals surface area contributed by atoms with Crippen LogP contribution in [0.1, 0.15) is 38.0 Å². The molecule has 1 aromatic carbocycles. The van der Waals surface area contributed by atoms with Gasteiger partial charge in [0, 0.05) is 23.6 Å². The van der Waals surface area contributed by atoms with E-state index in [4.69, 9.17) is 9.57 Å². The Kier molecular flexibility index (Phi) is 7.98. The zero-order valence-electron chi connectivity index (χ0n) is 15.7. The lowest BCUT2D eigenvalue weighted by molar-refractivity contribution is -0.207. The minimum atomic E-state index is -1.70. The summed E-state index contributed by atoms with van der Waals surface area (Å²) in [7, 11) is 2.94. The first-order valence-electron chi connectivity index (χ1n) is 8.77. The van der Waals surface area contributed by atoms with Crippen LogP contribution < -0.4 is 10.8 Å². The summed E-state index contributed by atoms with van der Waals surface area (Å²) in [4.78, 5) is 32.0. The summed E-state index contributed by atoms with van der Waals surface area (Å²) < 4.78 is 6.43. The SMILES string of the molecule is CNC(=O)C(C)(C(=O)NOC1CCCCO1)N(C)C(O)c1ccc(I)cc1. The zero-order valence-corrected chi connectivity index (χ0v) is 17.9. The Hall–Kier alpha value is -1.27. The van der Waals surface area contributed by atoms with Crippen molar-refractivity contribution in [2.24, 2.45) is 0 Å². The van der Waals surface area contributed by atoms with E-state index in [1.807, 2.05) is 12.1 Å². The number of nitrogens with one attached hydrogen (secondary N) is 2. The number of amides is 2. The van der Waals surface area contributed by atoms with Crippen LogP contribution in [0.25, 0.3) is 0 Å². The normalized spacial score (nSPS) is 20.6. The average Bonchev–Trinajstić information content (AvgIpc) is 2.70. The van der Waals surface area contributed by atoms with Gasteiger partial charge < -0.3 is 15.2 Å². The highest BCUT2D eigenvalue weighted by molar-refractivity contribution is 14.1. The fraction of sp³-hybridized carbons (Fsp3) is 0.556. The molecule has 150 valence electrons. The van der Waals surface area contributed by atoms with Crippen LogP contribution in [0.4, 0.5) is 0 Å². The summed E-state index contributed by atoms with van der Waals surface area (Å²) in [6.45, 7) is 2.00. The van der Waals surface area contributed by atoms with Crippen molar-refractivity contribution in [2.45, 2.75) is 44.2 Å². The number of halogens is 1. The molecule has 3 atom stereocenters. The molecule has 2 rings (SSSR count). The number of carbonyl (C=O) groups is 2. The fourth-order valence-electron chi connectivity index (χ4n) is 2.79. The van der Waals surface area contributed by atoms with E-state index in [2.05, 4.69) is 33.4 Å². The van der Waals surface area contributed by atoms with E-state index in [1.54, 1.807) is 12.1 Å². The van der Waals surface area contributed by atoms with Crippen molar-refractivity contribution >= 4 is 34.4 Å². The molecular formula is C18H26IN3O5. The van der Waals surface area contributed by atoms with Gasteiger partial charge in [-0.2, -0.15) is 0 Å². The first-order chi connectivity index (χ1) is 12.8. The number of rotatable bonds is 7. The summed E-state index contributed by atoms with van der Waals surface area (Å²) in [6.07, 6.45) is 0.856. The molecule has 1 aromatic rings. The lowest BCUT2D eigenvalue weighted by Gasteiger charge is -2.38. The zero-order chi connectivity index (χ0) is 20.0. The van der Waals surface area contributed by atoms with Gasteiger partial charge in [-0.1, -0.05) is 12.1 Å². The van der Waals surface area contributed by atoms with Crippen molar-refractivity contribution in [3.8, 4) is 0 Å². The number of nitrogens with zero attached hydrogens (tertiary/aromatic N) is 1. The fourth-order valence-corrected chi connectivity index (χ4v) is 3.15. The number of carbonyl (C=O) groups excluding carboxylic acids is 2. The molecule has 3 unspecified atom stereocenters. The largest absolute Gasteiger partial charge is 0.374 e. The Morgan fingerprint density at radius 3 is 2.56 bits per heavy atom. The second-order valence-corrected chi connectivity index (χ2v) is 7.78. The van der Waals surface area contributed by atoms with Crippen LogP contribution in [0.3, 0.4) is 0 Å². The van der Waals surface area contributed by atoms with Gasteiger partial charge in [-0.05, 0) is 67.1 Å². The van der Waals surface area contributed by atoms with Gasteiger partial charge >= 0.3 is 0 Å². The number of hydrogen-bond acceptors (Lipinski definition) is 6. The highest BCUT2D eigenvalue weighted by Crippen LogP contribution is 2.26. The first kappa shape index (κ1) is 22.0. The van der Waals surface area contributed by atoms with Gasteiger partial charge in [0.05, 0.1) is 0 Å². The average molecular weight is 491 g/mol. The molecule has 1 fully saturated rings. The Bertz CT molecular complexity index is 651. The van der Waals surface area contributed by atoms with Crippen LogP contribution in [0.2, 0.25) is 0 Å². The number of aliphatic hydroxyl groups is 1. The highest BCUT2D eigenvalue weighted by Gasteiger charge is 2.47. The third-order valence-corrected chi connectivity index (χ3v) is 5.49. The van der Waals surface area contributed by atoms with E-state index >= 15 is 0 Å². The Balaban J connectivity index is 2.16. The molecule has 0 spiro atoms. The lowest BCUT2D eigenvalue weighted by atomic mass is 9.96. The third kappa shape index (κ3) is 5.17. The van der Waals surface area contributed by atoms with Crippen molar-refractivity contribution in [1.29, 1.82) is 0 Å². The number of ether oxygens (including phenoxy) is 1. The first-order valence-corrected chi connectivity index (χ1v) is 9.85. The van der Waals surface area contributed by atoms with Crippen molar-refractivity contribution in [2.75, 3.05) is 20.7 Å². The molecular weight excluding hydrogens is 465 g/mol. The molecule has 1 heterocycles. The van der Waals surface area contributed by atoms with Crippen LogP contribution in [0.5, 0.6) is 0 Å². The van der Waals surface area contributed by atoms with E-state index in [0.29, 0.717) is 18.6 Å². The summed E-state index contributed by atoms with van der Waals surface area (Å²) in [6, 6.07) is 7.18. The molecule has 1 aliphatic heterocycles. The molecule has 9 heteroatoms. The van der Waals surface area contributed by atoms with Gasteiger partial charge in [0.1, 0.15) is 6.23 Å². The standard InChI is InChI=1S/C18H26IN3O5/c1-18(16(24)20-2,17(25)21-27-14-6-4-5-11-26-14)22(3)15(23)12-7-9-13(19)10-8-12/h7-10,14-15,23H,4-6,11H2,1-3H3,(H,20,24)(H,21,25). The molecule has 0 bridgehead atoms. The van der Waals surface area contributed by atoms with Gasteiger partial charge in [-0.3, -0.25) is 14.5 Å². The highest BCUT2D eigenvalue weighted by atomic mass is 127. The predicted octanol–water partition coefficient (Wildman–Crippen LogP) is 1.29. The van der Waals surface area contributed by atoms with Crippen LogP contribution >= 0.6 is 22.6 Å². The van der Waals surface area contributed by atoms with E-state index in [9.17, 15) is 14.7 Å². The summed E-state index contributed by atoms with van der Waals surface area (Å²) in [5, 5.41) is 13.2. The minimum absolute atomic E-state index is 0.539. The molecule has 27 heavy (non-hydrogen) atoms. The second kappa shape index (κ2) is 9.78. The Labute approximate surface area is 172 Å². The second-order valence-electron chi connectivity index (χ2n) is 6.53. The van der Waals surface area contributed by atoms with E-state index in [0.717, 1.165) is 16.4 Å². The maximum Gasteiger partial charge on any atom is 0.273 e. The van der Waals surface area contributed by atoms with Crippen LogP contribution in [0, 0.1) is 3.57 Å². The van der Waals surface area contributed by atoms with Crippen molar-refractivity contribution in [3.05, 3.63) is 33.4 Å². The maximum absolute atomic E-state index is 12.8. The van der Waals surface area contributed by atoms with Gasteiger partial charge in [-0.15, -0.1) is 0 Å². The van der Waals surface area contributed by atoms with Crippen LogP contribution in [0.15, 0.2) is 24.3 Å². The quantitative estimate of drug-likeness (QED) is 0.230. The van der Waals surface area contributed by atoms with Crippen LogP contribution in [-0.2, 0) is 19.2 Å². The van der Waals surface area contributed by atoms with Crippen molar-refractivity contribution in [3.63, 3.8) is 0 Å². The molecule has 0 radical (unpaired) electrons. The van der Waals surface area contributed by atoms with E-state index in [-0.39, 0.29) is 0 Å². The topological polar surface area (TPSA) is 100 Å². The van der Waals surface area contributed by atoms with Gasteiger partial charge in [-0.25, -0.2) is 10.3 Å². The number of benzene rings is 1. The van der Waals surface area contributed by atoms with Crippen LogP contribution in [-0.4, -0.2) is 54.4 Å². The number of hydrogen-bond donors (Lipinski definition) is 3. The molecule has 0 saturated carbocycles. The lowest BCUT2D eigenvalue weighted by Crippen LogP contribution is -2.64. The molecule has 1 saturated heterocycles. The monoisotopic (exact) mass is 491 g/mol. The van der Waals surface area contributed by atoms with E-state index in [1.165, 1.54) is 25.9 Å². The predicted molar refractivity (Wildman–Crippen MR) is 107 cm³/mol. The minimum Gasteiger partial charge on any atom is -0.374 e. The van der Waals surface area contributed by atoms with Gasteiger partial charge in [0.25, 0.3) is 5.91 Å². The molecule has 8 nitrogen and oxygen atoms in total. The molecule has 2 amide bonds. The molecule has 0 aromatic heterocycles. The molecule has 0 aliphatic carbocycles. The Morgan fingerprint density at radius 1 is 1.33 bits per heavy atom. The summed E-state index contributed by atoms with van der Waals surface area (Å²) in [5.41, 5.74) is 1.19. The van der Waals surface area contributed by atoms with E-state index < -0.39 is 29.9 Å². The molecule has 1 aliphatic rings. The number of hydroxylamine groups is 1. The van der Waals surface area contributed by atoms with Gasteiger partial charge in [0.15, 0.2) is 11.8 Å². The third-order valence-electron chi connectivity index (χ3n) is 4.77. The Morgan fingerprint density at radius 2 is 2.00 bits per heavy atom. The number of likely N-dealkylation sites (N-methyl/N-ethyl adjacent to an activating group) is 2. The smallest absolute Gasteiger partial charge is 0.273 e.